The summed E-state index contributed by atoms with van der Waals surface area (Å²) in [6, 6.07) is 0. The predicted molar refractivity (Wildman–Crippen MR) is 42.7 cm³/mol. The molecule has 0 amide bonds. The van der Waals surface area contributed by atoms with Gasteiger partial charge in [-0.15, -0.1) is 11.3 Å². The van der Waals surface area contributed by atoms with Crippen molar-refractivity contribution >= 4 is 11.3 Å². The van der Waals surface area contributed by atoms with Crippen LogP contribution >= 0.6 is 11.3 Å². The lowest BCUT2D eigenvalue weighted by molar-refractivity contribution is 0.720. The molecule has 0 saturated heterocycles. The Morgan fingerprint density at radius 2 is 2.60 bits per heavy atom. The van der Waals surface area contributed by atoms with Crippen molar-refractivity contribution in [3.63, 3.8) is 0 Å². The van der Waals surface area contributed by atoms with Crippen LogP contribution in [0.1, 0.15) is 10.7 Å². The summed E-state index contributed by atoms with van der Waals surface area (Å²) in [6.45, 7) is 2.80. The molecule has 0 aliphatic carbocycles. The maximum Gasteiger partial charge on any atom is 0.0897 e. The fourth-order valence-electron chi connectivity index (χ4n) is 0.723. The molecule has 10 heavy (non-hydrogen) atoms. The van der Waals surface area contributed by atoms with Gasteiger partial charge >= 0.3 is 0 Å². The molecule has 3 nitrogen and oxygen atoms in total. The molecule has 0 spiro atoms. The van der Waals surface area contributed by atoms with Crippen molar-refractivity contribution in [1.82, 2.24) is 10.4 Å². The minimum absolute atomic E-state index is 0.795. The molecule has 1 rings (SSSR count). The van der Waals surface area contributed by atoms with Gasteiger partial charge in [0.2, 0.25) is 0 Å². The average molecular weight is 157 g/mol. The lowest BCUT2D eigenvalue weighted by Crippen LogP contribution is -2.24. The van der Waals surface area contributed by atoms with Crippen LogP contribution < -0.4 is 11.3 Å². The first-order valence-corrected chi connectivity index (χ1v) is 4.05. The molecule has 56 valence electrons. The highest BCUT2D eigenvalue weighted by Crippen LogP contribution is 2.07. The largest absolute Gasteiger partial charge is 0.271 e. The molecule has 1 aromatic heterocycles. The van der Waals surface area contributed by atoms with Crippen molar-refractivity contribution in [3.05, 3.63) is 16.1 Å². The number of nitrogens with two attached hydrogens (primary N) is 1. The summed E-state index contributed by atoms with van der Waals surface area (Å²) in [5.41, 5.74) is 3.72. The third-order valence-corrected chi connectivity index (χ3v) is 2.01. The standard InChI is InChI=1S/C6H11N3S/c1-5-9-6(4-10-5)2-3-8-7/h4,8H,2-3,7H2,1H3. The lowest BCUT2D eigenvalue weighted by Gasteiger charge is -1.92. The van der Waals surface area contributed by atoms with E-state index in [2.05, 4.69) is 15.8 Å². The number of thiazole rings is 1. The first kappa shape index (κ1) is 7.65. The zero-order valence-corrected chi connectivity index (χ0v) is 6.74. The van der Waals surface area contributed by atoms with Gasteiger partial charge in [0.25, 0.3) is 0 Å². The van der Waals surface area contributed by atoms with Gasteiger partial charge < -0.3 is 0 Å². The quantitative estimate of drug-likeness (QED) is 0.495. The fourth-order valence-corrected chi connectivity index (χ4v) is 1.37. The van der Waals surface area contributed by atoms with E-state index in [9.17, 15) is 0 Å². The topological polar surface area (TPSA) is 50.9 Å². The van der Waals surface area contributed by atoms with Crippen molar-refractivity contribution in [2.24, 2.45) is 5.84 Å². The summed E-state index contributed by atoms with van der Waals surface area (Å²) in [5, 5.41) is 3.18. The summed E-state index contributed by atoms with van der Waals surface area (Å²) in [6.07, 6.45) is 0.917. The minimum atomic E-state index is 0.795. The van der Waals surface area contributed by atoms with E-state index >= 15 is 0 Å². The Labute approximate surface area is 64.2 Å². The normalized spacial score (nSPS) is 10.2. The molecule has 0 radical (unpaired) electrons. The summed E-state index contributed by atoms with van der Waals surface area (Å²) >= 11 is 1.68. The molecule has 0 aromatic carbocycles. The zero-order valence-electron chi connectivity index (χ0n) is 5.92. The van der Waals surface area contributed by atoms with Crippen LogP contribution in [0.25, 0.3) is 0 Å². The van der Waals surface area contributed by atoms with E-state index < -0.39 is 0 Å². The molecule has 0 saturated carbocycles. The van der Waals surface area contributed by atoms with Gasteiger partial charge in [0, 0.05) is 18.3 Å². The highest BCUT2D eigenvalue weighted by Gasteiger charge is 1.95. The summed E-state index contributed by atoms with van der Waals surface area (Å²) in [5.74, 6) is 5.11. The molecule has 1 heterocycles. The highest BCUT2D eigenvalue weighted by atomic mass is 32.1. The fraction of sp³-hybridized carbons (Fsp3) is 0.500. The van der Waals surface area contributed by atoms with E-state index in [1.807, 2.05) is 6.92 Å². The van der Waals surface area contributed by atoms with Gasteiger partial charge in [-0.2, -0.15) is 0 Å². The van der Waals surface area contributed by atoms with Crippen LogP contribution in [0, 0.1) is 6.92 Å². The van der Waals surface area contributed by atoms with E-state index in [-0.39, 0.29) is 0 Å². The molecular formula is C6H11N3S. The highest BCUT2D eigenvalue weighted by molar-refractivity contribution is 7.09. The summed E-state index contributed by atoms with van der Waals surface area (Å²) < 4.78 is 0. The van der Waals surface area contributed by atoms with Crippen molar-refractivity contribution in [3.8, 4) is 0 Å². The van der Waals surface area contributed by atoms with E-state index in [0.717, 1.165) is 23.7 Å². The average Bonchev–Trinajstić information content (AvgIpc) is 2.31. The SMILES string of the molecule is Cc1nc(CCNN)cs1. The number of hydrogen-bond acceptors (Lipinski definition) is 4. The number of hydrogen-bond donors (Lipinski definition) is 2. The van der Waals surface area contributed by atoms with Gasteiger partial charge in [-0.05, 0) is 6.92 Å². The zero-order chi connectivity index (χ0) is 7.40. The predicted octanol–water partition coefficient (Wildman–Crippen LogP) is 0.457. The van der Waals surface area contributed by atoms with E-state index in [0.29, 0.717) is 0 Å². The Hall–Kier alpha value is -0.450. The van der Waals surface area contributed by atoms with Crippen LogP contribution in [0.2, 0.25) is 0 Å². The molecule has 0 aliphatic heterocycles. The Morgan fingerprint density at radius 3 is 3.10 bits per heavy atom. The molecular weight excluding hydrogens is 146 g/mol. The number of nitrogens with one attached hydrogen (secondary N) is 1. The Balaban J connectivity index is 2.42. The molecule has 0 fully saturated rings. The lowest BCUT2D eigenvalue weighted by atomic mass is 10.3. The third-order valence-electron chi connectivity index (χ3n) is 1.19. The number of nitrogens with zero attached hydrogens (tertiary/aromatic N) is 1. The Morgan fingerprint density at radius 1 is 1.80 bits per heavy atom. The third kappa shape index (κ3) is 2.06. The molecule has 3 N–H and O–H groups in total. The van der Waals surface area contributed by atoms with Gasteiger partial charge in [0.05, 0.1) is 10.7 Å². The van der Waals surface area contributed by atoms with Gasteiger partial charge in [-0.25, -0.2) is 4.98 Å². The van der Waals surface area contributed by atoms with Crippen LogP contribution in [-0.4, -0.2) is 11.5 Å². The Kier molecular flexibility index (Phi) is 2.80. The van der Waals surface area contributed by atoms with Crippen LogP contribution in [0.5, 0.6) is 0 Å². The van der Waals surface area contributed by atoms with Crippen LogP contribution in [-0.2, 0) is 6.42 Å². The first-order chi connectivity index (χ1) is 4.83. The molecule has 0 unspecified atom stereocenters. The van der Waals surface area contributed by atoms with Crippen LogP contribution in [0.15, 0.2) is 5.38 Å². The molecule has 1 aromatic rings. The van der Waals surface area contributed by atoms with Crippen molar-refractivity contribution in [2.45, 2.75) is 13.3 Å². The maximum atomic E-state index is 5.11. The maximum absolute atomic E-state index is 5.11. The second kappa shape index (κ2) is 3.65. The molecule has 0 aliphatic rings. The second-order valence-corrected chi connectivity index (χ2v) is 3.12. The number of aryl methyl sites for hydroxylation is 1. The Bertz CT molecular complexity index is 197. The van der Waals surface area contributed by atoms with Crippen LogP contribution in [0.3, 0.4) is 0 Å². The minimum Gasteiger partial charge on any atom is -0.271 e. The van der Waals surface area contributed by atoms with Gasteiger partial charge in [-0.3, -0.25) is 11.3 Å². The summed E-state index contributed by atoms with van der Waals surface area (Å²) in [7, 11) is 0. The van der Waals surface area contributed by atoms with E-state index in [4.69, 9.17) is 5.84 Å². The van der Waals surface area contributed by atoms with Gasteiger partial charge in [0.1, 0.15) is 0 Å². The van der Waals surface area contributed by atoms with Crippen LogP contribution in [0.4, 0.5) is 0 Å². The number of rotatable bonds is 3. The number of hydrazine groups is 1. The monoisotopic (exact) mass is 157 g/mol. The number of aromatic nitrogens is 1. The smallest absolute Gasteiger partial charge is 0.0897 e. The molecule has 0 bridgehead atoms. The molecule has 4 heteroatoms. The van der Waals surface area contributed by atoms with Crippen molar-refractivity contribution < 1.29 is 0 Å². The van der Waals surface area contributed by atoms with E-state index in [1.165, 1.54) is 0 Å². The summed E-state index contributed by atoms with van der Waals surface area (Å²) in [4.78, 5) is 4.27. The van der Waals surface area contributed by atoms with Gasteiger partial charge in [-0.1, -0.05) is 0 Å². The molecule has 0 atom stereocenters. The van der Waals surface area contributed by atoms with Gasteiger partial charge in [0.15, 0.2) is 0 Å². The van der Waals surface area contributed by atoms with Crippen molar-refractivity contribution in [2.75, 3.05) is 6.54 Å². The van der Waals surface area contributed by atoms with Crippen molar-refractivity contribution in [1.29, 1.82) is 0 Å². The second-order valence-electron chi connectivity index (χ2n) is 2.06. The van der Waals surface area contributed by atoms with E-state index in [1.54, 1.807) is 11.3 Å². The first-order valence-electron chi connectivity index (χ1n) is 3.17.